The molecule has 0 aliphatic rings. The Hall–Kier alpha value is -5.61. The minimum absolute atomic E-state index is 0.0594. The van der Waals surface area contributed by atoms with Crippen molar-refractivity contribution in [1.82, 2.24) is 0 Å². The van der Waals surface area contributed by atoms with E-state index in [-0.39, 0.29) is 19.3 Å². The molecule has 0 fully saturated rings. The minimum Gasteiger partial charge on any atom is -0.463 e. The second-order valence-electron chi connectivity index (χ2n) is 26.4. The topological polar surface area (TPSA) is 231 Å². The van der Waals surface area contributed by atoms with Crippen LogP contribution in [0.15, 0.2) is 194 Å². The lowest BCUT2D eigenvalue weighted by atomic mass is 10.0. The van der Waals surface area contributed by atoms with Crippen LogP contribution in [0.2, 0.25) is 0 Å². The molecule has 0 heterocycles. The van der Waals surface area contributed by atoms with E-state index in [2.05, 4.69) is 215 Å². The van der Waals surface area contributed by atoms with Crippen LogP contribution in [0, 0.1) is 0 Å². The molecule has 0 aliphatic carbocycles. The maximum Gasteiger partial charge on any atom is 0.472 e. The summed E-state index contributed by atoms with van der Waals surface area (Å²) in [6.45, 7) is 2.24. The van der Waals surface area contributed by atoms with Crippen LogP contribution in [0.3, 0.4) is 0 Å². The third-order valence-corrected chi connectivity index (χ3v) is 18.2. The SMILES string of the molecule is CC/C=C\C/C=C\C/C=C\C/C=C\C/C=C\C/C=C\CCCCCCCCCCCCCCCCC(=O)OCC(O)COP(=O)(O)OCC(O)COP(=O)(O)OCC(COC(=O)CCCC/C=C\C/C=C\C/C=C\C/C=C\C/C=C\C/C=C\CC)OC(=O)CCCCCC/C=C\C/C=C\C/C=C\C/C=C\CC. The Bertz CT molecular complexity index is 2720. The summed E-state index contributed by atoms with van der Waals surface area (Å²) in [5.41, 5.74) is 0. The van der Waals surface area contributed by atoms with Gasteiger partial charge in [-0.3, -0.25) is 32.5 Å². The largest absolute Gasteiger partial charge is 0.472 e. The monoisotopic (exact) mass is 1530 g/mol. The molecule has 0 saturated heterocycles. The highest BCUT2D eigenvalue weighted by atomic mass is 31.2. The molecule has 16 nitrogen and oxygen atoms in total. The normalized spacial score (nSPS) is 14.9. The number of carbonyl (C=O) groups excluding carboxylic acids is 3. The van der Waals surface area contributed by atoms with Crippen LogP contribution in [0.4, 0.5) is 0 Å². The van der Waals surface area contributed by atoms with Gasteiger partial charge in [0.25, 0.3) is 0 Å². The van der Waals surface area contributed by atoms with E-state index in [1.165, 1.54) is 64.2 Å². The Morgan fingerprint density at radius 2 is 0.467 bits per heavy atom. The first-order chi connectivity index (χ1) is 52.2. The third kappa shape index (κ3) is 81.2. The van der Waals surface area contributed by atoms with Crippen molar-refractivity contribution in [2.24, 2.45) is 0 Å². The molecule has 0 bridgehead atoms. The van der Waals surface area contributed by atoms with Crippen LogP contribution in [-0.4, -0.2) is 95.9 Å². The van der Waals surface area contributed by atoms with Crippen LogP contribution in [-0.2, 0) is 55.8 Å². The average Bonchev–Trinajstić information content (AvgIpc) is 0.907. The van der Waals surface area contributed by atoms with E-state index in [0.717, 1.165) is 167 Å². The van der Waals surface area contributed by atoms with E-state index < -0.39 is 91.5 Å². The lowest BCUT2D eigenvalue weighted by Gasteiger charge is -2.21. The lowest BCUT2D eigenvalue weighted by molar-refractivity contribution is -0.161. The van der Waals surface area contributed by atoms with E-state index >= 15 is 0 Å². The Balaban J connectivity index is 4.57. The van der Waals surface area contributed by atoms with Gasteiger partial charge in [0.15, 0.2) is 6.10 Å². The van der Waals surface area contributed by atoms with Crippen molar-refractivity contribution in [1.29, 1.82) is 0 Å². The molecule has 606 valence electrons. The van der Waals surface area contributed by atoms with Gasteiger partial charge in [-0.15, -0.1) is 0 Å². The number of phosphoric acid groups is 2. The molecule has 0 aliphatic heterocycles. The summed E-state index contributed by atoms with van der Waals surface area (Å²) in [6, 6.07) is 0. The number of allylic oxidation sites excluding steroid dienone is 32. The number of rotatable bonds is 75. The molecular weight excluding hydrogens is 1390 g/mol. The first-order valence-electron chi connectivity index (χ1n) is 40.7. The number of ether oxygens (including phenoxy) is 3. The van der Waals surface area contributed by atoms with E-state index in [0.29, 0.717) is 19.3 Å². The van der Waals surface area contributed by atoms with E-state index in [4.69, 9.17) is 32.3 Å². The average molecular weight is 1530 g/mol. The fourth-order valence-corrected chi connectivity index (χ4v) is 11.8. The van der Waals surface area contributed by atoms with Gasteiger partial charge in [0.2, 0.25) is 0 Å². The van der Waals surface area contributed by atoms with Crippen LogP contribution >= 0.6 is 15.6 Å². The van der Waals surface area contributed by atoms with E-state index in [1.54, 1.807) is 0 Å². The van der Waals surface area contributed by atoms with Crippen molar-refractivity contribution in [3.8, 4) is 0 Å². The predicted octanol–water partition coefficient (Wildman–Crippen LogP) is 24.3. The van der Waals surface area contributed by atoms with Crippen molar-refractivity contribution < 1.29 is 75.8 Å². The summed E-state index contributed by atoms with van der Waals surface area (Å²) >= 11 is 0. The van der Waals surface area contributed by atoms with Crippen molar-refractivity contribution in [2.75, 3.05) is 39.6 Å². The van der Waals surface area contributed by atoms with Crippen LogP contribution in [0.25, 0.3) is 0 Å². The smallest absolute Gasteiger partial charge is 0.463 e. The number of carbonyl (C=O) groups is 3. The van der Waals surface area contributed by atoms with Gasteiger partial charge in [0, 0.05) is 19.3 Å². The number of phosphoric ester groups is 2. The maximum atomic E-state index is 13.0. The second kappa shape index (κ2) is 79.9. The minimum atomic E-state index is -4.96. The van der Waals surface area contributed by atoms with Gasteiger partial charge in [0.05, 0.1) is 26.4 Å². The number of hydrogen-bond donors (Lipinski definition) is 4. The number of aliphatic hydroxyl groups excluding tert-OH is 2. The molecule has 0 aromatic heterocycles. The summed E-state index contributed by atoms with van der Waals surface area (Å²) in [5, 5.41) is 20.7. The summed E-state index contributed by atoms with van der Waals surface area (Å²) in [5.74, 6) is -1.67. The fourth-order valence-electron chi connectivity index (χ4n) is 10.2. The molecule has 0 aromatic carbocycles. The molecule has 18 heteroatoms. The van der Waals surface area contributed by atoms with Crippen molar-refractivity contribution in [2.45, 2.75) is 309 Å². The zero-order chi connectivity index (χ0) is 78.0. The molecule has 0 rings (SSSR count). The van der Waals surface area contributed by atoms with Crippen LogP contribution in [0.1, 0.15) is 290 Å². The van der Waals surface area contributed by atoms with Gasteiger partial charge in [0.1, 0.15) is 25.4 Å². The van der Waals surface area contributed by atoms with Gasteiger partial charge in [-0.05, 0) is 161 Å². The second-order valence-corrected chi connectivity index (χ2v) is 29.3. The summed E-state index contributed by atoms with van der Waals surface area (Å²) in [6.07, 6.45) is 105. The molecule has 4 N–H and O–H groups in total. The van der Waals surface area contributed by atoms with Crippen molar-refractivity contribution >= 4 is 33.6 Å². The van der Waals surface area contributed by atoms with Crippen molar-refractivity contribution in [3.63, 3.8) is 0 Å². The number of hydrogen-bond acceptors (Lipinski definition) is 14. The Morgan fingerprint density at radius 1 is 0.262 bits per heavy atom. The molecule has 5 atom stereocenters. The maximum absolute atomic E-state index is 13.0. The summed E-state index contributed by atoms with van der Waals surface area (Å²) in [7, 11) is -9.83. The molecule has 5 unspecified atom stereocenters. The predicted molar refractivity (Wildman–Crippen MR) is 444 cm³/mol. The van der Waals surface area contributed by atoms with Crippen LogP contribution in [0.5, 0.6) is 0 Å². The molecule has 0 aromatic rings. The third-order valence-electron chi connectivity index (χ3n) is 16.3. The zero-order valence-corrected chi connectivity index (χ0v) is 68.0. The highest BCUT2D eigenvalue weighted by Crippen LogP contribution is 2.45. The molecular formula is C89H144O16P2. The quantitative estimate of drug-likeness (QED) is 0.0146. The molecule has 0 amide bonds. The first-order valence-corrected chi connectivity index (χ1v) is 43.7. The van der Waals surface area contributed by atoms with Gasteiger partial charge in [-0.25, -0.2) is 9.13 Å². The molecule has 0 radical (unpaired) electrons. The Kier molecular flexibility index (Phi) is 75.7. The summed E-state index contributed by atoms with van der Waals surface area (Å²) in [4.78, 5) is 58.7. The molecule has 0 saturated carbocycles. The van der Waals surface area contributed by atoms with Gasteiger partial charge in [-0.1, -0.05) is 305 Å². The lowest BCUT2D eigenvalue weighted by Crippen LogP contribution is -2.30. The number of aliphatic hydroxyl groups is 2. The highest BCUT2D eigenvalue weighted by molar-refractivity contribution is 7.47. The molecule has 0 spiro atoms. The van der Waals surface area contributed by atoms with Gasteiger partial charge >= 0.3 is 33.6 Å². The number of unbranched alkanes of at least 4 members (excludes halogenated alkanes) is 20. The highest BCUT2D eigenvalue weighted by Gasteiger charge is 2.29. The first kappa shape index (κ1) is 101. The van der Waals surface area contributed by atoms with Gasteiger partial charge < -0.3 is 34.2 Å². The van der Waals surface area contributed by atoms with Crippen molar-refractivity contribution in [3.05, 3.63) is 194 Å². The fraction of sp³-hybridized carbons (Fsp3) is 0.607. The molecule has 107 heavy (non-hydrogen) atoms. The standard InChI is InChI=1S/C89H144O16P2/c1-4-7-10-13-16-19-22-25-28-31-33-35-36-37-38-39-40-41-42-43-44-45-46-48-50-52-54-57-60-63-66-69-72-75-87(92)99-78-84(90)79-101-106(95,96)102-80-85(91)81-103-107(97,98)104-83-86(105-89(94)77-74-71-68-65-62-59-56-51-30-27-24-21-18-15-12-9-6-3)82-100-88(93)76-73-70-67-64-61-58-55-53-49-47-34-32-29-26-23-20-17-14-11-8-5-2/h7-12,16-21,25-30,33-35,37-38,40-41,47,53,55-56,59,61,64,84-86,90-91H,4-6,13-15,22-24,31-32,36,39,42-46,48-52,54,57-58,60,62-63,65-83H2,1-3H3,(H,95,96)(H,97,98)/b10-7-,11-8-,12-9-,19-16-,20-17-,21-18-,28-25-,29-26-,30-27-,35-33-,38-37-,41-40-,47-34-,55-53-,59-56-,64-61-. The van der Waals surface area contributed by atoms with Gasteiger partial charge in [-0.2, -0.15) is 0 Å². The Morgan fingerprint density at radius 3 is 0.757 bits per heavy atom. The summed E-state index contributed by atoms with van der Waals surface area (Å²) < 4.78 is 61.1. The van der Waals surface area contributed by atoms with Crippen LogP contribution < -0.4 is 0 Å². The van der Waals surface area contributed by atoms with E-state index in [9.17, 15) is 43.5 Å². The number of esters is 3. The zero-order valence-electron chi connectivity index (χ0n) is 66.2. The van der Waals surface area contributed by atoms with E-state index in [1.807, 2.05) is 0 Å². The Labute approximate surface area is 648 Å².